The smallest absolute Gasteiger partial charge is 0.101 e. The highest BCUT2D eigenvalue weighted by atomic mass is 16.5. The van der Waals surface area contributed by atoms with E-state index >= 15 is 0 Å². The van der Waals surface area contributed by atoms with Gasteiger partial charge in [0, 0.05) is 6.04 Å². The fourth-order valence-electron chi connectivity index (χ4n) is 2.84. The Labute approximate surface area is 90.8 Å². The summed E-state index contributed by atoms with van der Waals surface area (Å²) in [4.78, 5) is 2.46. The van der Waals surface area contributed by atoms with E-state index in [9.17, 15) is 0 Å². The summed E-state index contributed by atoms with van der Waals surface area (Å²) in [6.07, 6.45) is 1.95. The van der Waals surface area contributed by atoms with E-state index in [0.717, 1.165) is 0 Å². The lowest BCUT2D eigenvalue weighted by atomic mass is 9.92. The minimum Gasteiger partial charge on any atom is -0.367 e. The molecule has 0 N–H and O–H groups in total. The van der Waals surface area contributed by atoms with Gasteiger partial charge in [0.1, 0.15) is 6.10 Å². The van der Waals surface area contributed by atoms with Crippen LogP contribution in [0.4, 0.5) is 0 Å². The van der Waals surface area contributed by atoms with E-state index in [4.69, 9.17) is 4.74 Å². The van der Waals surface area contributed by atoms with E-state index in [1.54, 1.807) is 0 Å². The van der Waals surface area contributed by atoms with Gasteiger partial charge in [0.15, 0.2) is 0 Å². The van der Waals surface area contributed by atoms with Crippen molar-refractivity contribution in [3.05, 3.63) is 35.9 Å². The standard InChI is InChI=1S/C13H17NO/c1-9-8-11-12(14(9)2)13(15-11)10-6-4-3-5-7-10/h3-7,9,11-13H,8H2,1-2H3/t9-,11-,12+,13-/m1/s1. The maximum atomic E-state index is 5.95. The molecule has 2 fully saturated rings. The summed E-state index contributed by atoms with van der Waals surface area (Å²) < 4.78 is 5.95. The number of hydrogen-bond acceptors (Lipinski definition) is 2. The summed E-state index contributed by atoms with van der Waals surface area (Å²) in [5, 5.41) is 0. The molecular weight excluding hydrogens is 186 g/mol. The van der Waals surface area contributed by atoms with Crippen LogP contribution < -0.4 is 0 Å². The van der Waals surface area contributed by atoms with Gasteiger partial charge in [0.25, 0.3) is 0 Å². The summed E-state index contributed by atoms with van der Waals surface area (Å²) >= 11 is 0. The first-order valence-electron chi connectivity index (χ1n) is 5.69. The zero-order valence-electron chi connectivity index (χ0n) is 9.26. The van der Waals surface area contributed by atoms with Gasteiger partial charge in [-0.3, -0.25) is 4.90 Å². The number of likely N-dealkylation sites (tertiary alicyclic amines) is 1. The van der Waals surface area contributed by atoms with Crippen molar-refractivity contribution in [1.82, 2.24) is 4.90 Å². The van der Waals surface area contributed by atoms with Crippen LogP contribution in [0.15, 0.2) is 30.3 Å². The average molecular weight is 203 g/mol. The lowest BCUT2D eigenvalue weighted by Crippen LogP contribution is -2.50. The predicted octanol–water partition coefficient (Wildman–Crippen LogP) is 2.22. The van der Waals surface area contributed by atoms with Gasteiger partial charge in [-0.15, -0.1) is 0 Å². The molecule has 0 bridgehead atoms. The topological polar surface area (TPSA) is 12.5 Å². The second-order valence-electron chi connectivity index (χ2n) is 4.75. The lowest BCUT2D eigenvalue weighted by Gasteiger charge is -2.43. The van der Waals surface area contributed by atoms with Crippen molar-refractivity contribution in [3.8, 4) is 0 Å². The van der Waals surface area contributed by atoms with Crippen molar-refractivity contribution in [1.29, 1.82) is 0 Å². The van der Waals surface area contributed by atoms with E-state index in [1.807, 2.05) is 0 Å². The summed E-state index contributed by atoms with van der Waals surface area (Å²) in [6, 6.07) is 11.8. The summed E-state index contributed by atoms with van der Waals surface area (Å²) in [6.45, 7) is 2.28. The molecule has 2 heterocycles. The zero-order valence-corrected chi connectivity index (χ0v) is 9.26. The van der Waals surface area contributed by atoms with Gasteiger partial charge in [-0.2, -0.15) is 0 Å². The average Bonchev–Trinajstić information content (AvgIpc) is 2.43. The number of fused-ring (bicyclic) bond motifs is 1. The Hall–Kier alpha value is -0.860. The molecule has 0 radical (unpaired) electrons. The Bertz CT molecular complexity index is 351. The summed E-state index contributed by atoms with van der Waals surface area (Å²) in [5.41, 5.74) is 1.32. The number of nitrogens with zero attached hydrogens (tertiary/aromatic N) is 1. The van der Waals surface area contributed by atoms with Crippen LogP contribution in [0.5, 0.6) is 0 Å². The number of likely N-dealkylation sites (N-methyl/N-ethyl adjacent to an activating group) is 1. The molecule has 80 valence electrons. The van der Waals surface area contributed by atoms with Gasteiger partial charge < -0.3 is 4.74 Å². The molecule has 0 saturated carbocycles. The van der Waals surface area contributed by atoms with Crippen molar-refractivity contribution in [2.75, 3.05) is 7.05 Å². The Morgan fingerprint density at radius 3 is 2.67 bits per heavy atom. The first-order chi connectivity index (χ1) is 7.27. The summed E-state index contributed by atoms with van der Waals surface area (Å²) in [7, 11) is 2.22. The highest BCUT2D eigenvalue weighted by molar-refractivity contribution is 5.23. The van der Waals surface area contributed by atoms with Crippen LogP contribution in [0.1, 0.15) is 25.0 Å². The van der Waals surface area contributed by atoms with E-state index < -0.39 is 0 Å². The minimum atomic E-state index is 0.297. The van der Waals surface area contributed by atoms with Crippen LogP contribution in [0.3, 0.4) is 0 Å². The maximum Gasteiger partial charge on any atom is 0.101 e. The fourth-order valence-corrected chi connectivity index (χ4v) is 2.84. The number of rotatable bonds is 1. The molecule has 2 heteroatoms. The molecular formula is C13H17NO. The molecule has 0 aliphatic carbocycles. The normalized spacial score (nSPS) is 39.9. The minimum absolute atomic E-state index is 0.297. The van der Waals surface area contributed by atoms with Gasteiger partial charge in [-0.25, -0.2) is 0 Å². The molecule has 1 aromatic carbocycles. The van der Waals surface area contributed by atoms with Crippen LogP contribution in [0.2, 0.25) is 0 Å². The van der Waals surface area contributed by atoms with Crippen molar-refractivity contribution in [3.63, 3.8) is 0 Å². The molecule has 2 nitrogen and oxygen atoms in total. The quantitative estimate of drug-likeness (QED) is 0.694. The van der Waals surface area contributed by atoms with Gasteiger partial charge in [0.05, 0.1) is 12.1 Å². The molecule has 3 rings (SSSR count). The molecule has 2 aliphatic heterocycles. The highest BCUT2D eigenvalue weighted by Gasteiger charge is 2.51. The monoisotopic (exact) mass is 203 g/mol. The summed E-state index contributed by atoms with van der Waals surface area (Å²) in [5.74, 6) is 0. The second-order valence-corrected chi connectivity index (χ2v) is 4.75. The molecule has 1 aromatic rings. The SMILES string of the molecule is C[C@@H]1C[C@H]2O[C@H](c3ccccc3)[C@H]2N1C. The van der Waals surface area contributed by atoms with E-state index in [2.05, 4.69) is 49.2 Å². The molecule has 2 saturated heterocycles. The first kappa shape index (κ1) is 9.37. The molecule has 0 aromatic heterocycles. The molecule has 0 spiro atoms. The Morgan fingerprint density at radius 1 is 1.27 bits per heavy atom. The molecule has 0 amide bonds. The van der Waals surface area contributed by atoms with Crippen LogP contribution in [-0.2, 0) is 4.74 Å². The van der Waals surface area contributed by atoms with Gasteiger partial charge >= 0.3 is 0 Å². The second kappa shape index (κ2) is 3.32. The Kier molecular flexibility index (Phi) is 2.08. The van der Waals surface area contributed by atoms with Crippen molar-refractivity contribution >= 4 is 0 Å². The number of benzene rings is 1. The molecule has 15 heavy (non-hydrogen) atoms. The largest absolute Gasteiger partial charge is 0.367 e. The van der Waals surface area contributed by atoms with Crippen molar-refractivity contribution in [2.24, 2.45) is 0 Å². The number of hydrogen-bond donors (Lipinski definition) is 0. The van der Waals surface area contributed by atoms with Gasteiger partial charge in [-0.1, -0.05) is 30.3 Å². The maximum absolute atomic E-state index is 5.95. The zero-order chi connectivity index (χ0) is 10.4. The van der Waals surface area contributed by atoms with Crippen LogP contribution in [-0.4, -0.2) is 30.1 Å². The van der Waals surface area contributed by atoms with Crippen LogP contribution in [0, 0.1) is 0 Å². The molecule has 2 aliphatic rings. The third kappa shape index (κ3) is 1.32. The van der Waals surface area contributed by atoms with Crippen molar-refractivity contribution in [2.45, 2.75) is 37.6 Å². The Balaban J connectivity index is 1.82. The van der Waals surface area contributed by atoms with E-state index in [0.29, 0.717) is 24.3 Å². The lowest BCUT2D eigenvalue weighted by molar-refractivity contribution is -0.164. The third-order valence-electron chi connectivity index (χ3n) is 3.88. The Morgan fingerprint density at radius 2 is 2.00 bits per heavy atom. The molecule has 4 atom stereocenters. The van der Waals surface area contributed by atoms with E-state index in [-0.39, 0.29) is 0 Å². The molecule has 0 unspecified atom stereocenters. The van der Waals surface area contributed by atoms with E-state index in [1.165, 1.54) is 12.0 Å². The predicted molar refractivity (Wildman–Crippen MR) is 59.7 cm³/mol. The van der Waals surface area contributed by atoms with Crippen LogP contribution in [0.25, 0.3) is 0 Å². The van der Waals surface area contributed by atoms with Crippen LogP contribution >= 0.6 is 0 Å². The highest BCUT2D eigenvalue weighted by Crippen LogP contribution is 2.45. The number of ether oxygens (including phenoxy) is 1. The van der Waals surface area contributed by atoms with Gasteiger partial charge in [-0.05, 0) is 26.0 Å². The fraction of sp³-hybridized carbons (Fsp3) is 0.538. The van der Waals surface area contributed by atoms with Gasteiger partial charge in [0.2, 0.25) is 0 Å². The van der Waals surface area contributed by atoms with Crippen molar-refractivity contribution < 1.29 is 4.74 Å². The third-order valence-corrected chi connectivity index (χ3v) is 3.88. The first-order valence-corrected chi connectivity index (χ1v) is 5.69.